The van der Waals surface area contributed by atoms with Gasteiger partial charge in [-0.1, -0.05) is 47.4 Å². The summed E-state index contributed by atoms with van der Waals surface area (Å²) in [7, 11) is 1.92. The van der Waals surface area contributed by atoms with Gasteiger partial charge in [0.15, 0.2) is 0 Å². The summed E-state index contributed by atoms with van der Waals surface area (Å²) >= 11 is 6.32. The minimum atomic E-state index is -1.11. The summed E-state index contributed by atoms with van der Waals surface area (Å²) in [6, 6.07) is 14.8. The Kier molecular flexibility index (Phi) is 3.73. The molecule has 108 valence electrons. The van der Waals surface area contributed by atoms with E-state index < -0.39 is 5.97 Å². The Bertz CT molecular complexity index is 869. The average Bonchev–Trinajstić information content (AvgIpc) is 2.49. The number of aromatic nitrogens is 1. The van der Waals surface area contributed by atoms with Crippen LogP contribution in [0.15, 0.2) is 48.5 Å². The number of aromatic carboxylic acids is 1. The number of rotatable bonds is 3. The fraction of sp³-hybridized carbons (Fsp3) is 0. The number of hydrogen-bond donors (Lipinski definition) is 2. The maximum Gasteiger partial charge on any atom is 0.341 e. The maximum atomic E-state index is 11.6. The number of para-hydroxylation sites is 1. The number of anilines is 2. The first-order chi connectivity index (χ1) is 10.6. The zero-order chi connectivity index (χ0) is 15.7. The van der Waals surface area contributed by atoms with Crippen molar-refractivity contribution in [3.63, 3.8) is 0 Å². The molecule has 22 heavy (non-hydrogen) atoms. The molecule has 0 atom stereocenters. The van der Waals surface area contributed by atoms with Gasteiger partial charge in [0.2, 0.25) is 0 Å². The van der Waals surface area contributed by atoms with E-state index in [4.69, 9.17) is 11.6 Å². The summed E-state index contributed by atoms with van der Waals surface area (Å²) in [5, 5.41) is 13.3. The van der Waals surface area contributed by atoms with E-state index in [9.17, 15) is 9.90 Å². The molecule has 6 heteroatoms. The first kappa shape index (κ1) is 14.4. The van der Waals surface area contributed by atoms with E-state index in [0.29, 0.717) is 10.9 Å². The van der Waals surface area contributed by atoms with Gasteiger partial charge in [-0.3, -0.25) is 0 Å². The molecule has 2 aromatic carbocycles. The van der Waals surface area contributed by atoms with Crippen LogP contribution in [0.2, 0.25) is 5.02 Å². The fourth-order valence-corrected chi connectivity index (χ4v) is 2.60. The number of benzene rings is 2. The lowest BCUT2D eigenvalue weighted by Gasteiger charge is -2.12. The van der Waals surface area contributed by atoms with Crippen molar-refractivity contribution >= 4 is 53.3 Å². The van der Waals surface area contributed by atoms with Crippen molar-refractivity contribution in [2.75, 3.05) is 5.32 Å². The van der Waals surface area contributed by atoms with E-state index in [2.05, 4.69) is 10.3 Å². The van der Waals surface area contributed by atoms with Gasteiger partial charge in [-0.25, -0.2) is 9.78 Å². The monoisotopic (exact) mass is 310 g/mol. The van der Waals surface area contributed by atoms with Crippen LogP contribution in [0.3, 0.4) is 0 Å². The summed E-state index contributed by atoms with van der Waals surface area (Å²) in [6.45, 7) is 0. The zero-order valence-electron chi connectivity index (χ0n) is 11.8. The molecule has 0 bridgehead atoms. The number of carbonyl (C=O) groups is 1. The Balaban J connectivity index is 2.22. The highest BCUT2D eigenvalue weighted by Crippen LogP contribution is 2.32. The lowest BCUT2D eigenvalue weighted by molar-refractivity contribution is 0.0698. The molecular weight excluding hydrogens is 298 g/mol. The second kappa shape index (κ2) is 5.69. The molecule has 2 N–H and O–H groups in total. The van der Waals surface area contributed by atoms with Gasteiger partial charge in [0.05, 0.1) is 10.5 Å². The molecule has 0 amide bonds. The van der Waals surface area contributed by atoms with Crippen LogP contribution < -0.4 is 10.8 Å². The summed E-state index contributed by atoms with van der Waals surface area (Å²) in [4.78, 5) is 16.0. The van der Waals surface area contributed by atoms with Crippen LogP contribution in [0, 0.1) is 0 Å². The third kappa shape index (κ3) is 2.63. The van der Waals surface area contributed by atoms with E-state index in [1.807, 2.05) is 56.4 Å². The Hall–Kier alpha value is -2.53. The van der Waals surface area contributed by atoms with Crippen molar-refractivity contribution in [1.82, 2.24) is 4.98 Å². The summed E-state index contributed by atoms with van der Waals surface area (Å²) < 4.78 is 0. The molecule has 1 heterocycles. The molecule has 0 aliphatic heterocycles. The molecule has 0 spiro atoms. The highest BCUT2D eigenvalue weighted by Gasteiger charge is 2.19. The quantitative estimate of drug-likeness (QED) is 0.730. The number of fused-ring (bicyclic) bond motifs is 1. The maximum absolute atomic E-state index is 11.6. The molecule has 3 rings (SSSR count). The van der Waals surface area contributed by atoms with Crippen LogP contribution in [0.1, 0.15) is 10.4 Å². The predicted octanol–water partition coefficient (Wildman–Crippen LogP) is 2.59. The molecule has 4 nitrogen and oxygen atoms in total. The van der Waals surface area contributed by atoms with E-state index in [1.165, 1.54) is 0 Å². The van der Waals surface area contributed by atoms with Crippen LogP contribution in [-0.2, 0) is 0 Å². The third-order valence-electron chi connectivity index (χ3n) is 3.33. The van der Waals surface area contributed by atoms with E-state index in [-0.39, 0.29) is 16.4 Å². The van der Waals surface area contributed by atoms with Gasteiger partial charge in [-0.15, -0.1) is 0 Å². The average molecular weight is 311 g/mol. The van der Waals surface area contributed by atoms with Gasteiger partial charge in [0.25, 0.3) is 0 Å². The summed E-state index contributed by atoms with van der Waals surface area (Å²) in [5.74, 6) is -0.876. The van der Waals surface area contributed by atoms with Gasteiger partial charge in [-0.2, -0.15) is 0 Å². The Morgan fingerprint density at radius 1 is 1.18 bits per heavy atom. The van der Waals surface area contributed by atoms with Crippen LogP contribution in [0.25, 0.3) is 10.9 Å². The highest BCUT2D eigenvalue weighted by atomic mass is 35.5. The van der Waals surface area contributed by atoms with Gasteiger partial charge >= 0.3 is 5.97 Å². The number of nitrogens with zero attached hydrogens (tertiary/aromatic N) is 1. The van der Waals surface area contributed by atoms with Crippen molar-refractivity contribution in [2.24, 2.45) is 0 Å². The molecule has 3 aromatic rings. The van der Waals surface area contributed by atoms with Gasteiger partial charge in [-0.05, 0) is 18.2 Å². The number of hydrogen-bond acceptors (Lipinski definition) is 3. The number of carboxylic acids is 1. The van der Waals surface area contributed by atoms with Crippen molar-refractivity contribution in [3.8, 4) is 0 Å². The number of pyridine rings is 1. The van der Waals surface area contributed by atoms with E-state index in [1.54, 1.807) is 0 Å². The van der Waals surface area contributed by atoms with Crippen LogP contribution in [0.5, 0.6) is 0 Å². The largest absolute Gasteiger partial charge is 0.478 e. The van der Waals surface area contributed by atoms with Crippen LogP contribution in [0.4, 0.5) is 11.5 Å². The highest BCUT2D eigenvalue weighted by molar-refractivity contribution is 6.40. The normalized spacial score (nSPS) is 10.6. The standard InChI is InChI=1S/C16H12BClN2O2/c17-9-6-7-12-11(8-9)14(18)13(16(21)22)15(20-12)19-10-4-2-1-3-5-10/h1-8H,17H2,(H,19,20)(H,21,22). The van der Waals surface area contributed by atoms with Crippen LogP contribution in [-0.4, -0.2) is 23.9 Å². The SMILES string of the molecule is Bc1ccc2nc(Nc3ccccc3)c(C(=O)O)c(Cl)c2c1. The molecule has 0 fully saturated rings. The van der Waals surface area contributed by atoms with Gasteiger partial charge in [0.1, 0.15) is 19.2 Å². The fourth-order valence-electron chi connectivity index (χ4n) is 2.28. The minimum absolute atomic E-state index is 0.0244. The first-order valence-corrected chi connectivity index (χ1v) is 7.09. The molecule has 0 radical (unpaired) electrons. The zero-order valence-corrected chi connectivity index (χ0v) is 12.6. The van der Waals surface area contributed by atoms with Gasteiger partial charge < -0.3 is 10.4 Å². The van der Waals surface area contributed by atoms with Crippen LogP contribution >= 0.6 is 11.6 Å². The summed E-state index contributed by atoms with van der Waals surface area (Å²) in [6.07, 6.45) is 0. The molecule has 0 aliphatic carbocycles. The van der Waals surface area contributed by atoms with Crippen molar-refractivity contribution in [3.05, 3.63) is 59.1 Å². The Morgan fingerprint density at radius 3 is 2.59 bits per heavy atom. The minimum Gasteiger partial charge on any atom is -0.478 e. The molecule has 0 saturated heterocycles. The van der Waals surface area contributed by atoms with Crippen molar-refractivity contribution in [2.45, 2.75) is 0 Å². The smallest absolute Gasteiger partial charge is 0.341 e. The third-order valence-corrected chi connectivity index (χ3v) is 3.72. The first-order valence-electron chi connectivity index (χ1n) is 6.71. The topological polar surface area (TPSA) is 62.2 Å². The molecular formula is C16H12BClN2O2. The molecule has 0 aliphatic rings. The van der Waals surface area contributed by atoms with E-state index in [0.717, 1.165) is 11.2 Å². The van der Waals surface area contributed by atoms with Gasteiger partial charge in [0, 0.05) is 11.1 Å². The lowest BCUT2D eigenvalue weighted by atomic mass is 9.94. The lowest BCUT2D eigenvalue weighted by Crippen LogP contribution is -2.08. The molecule has 0 unspecified atom stereocenters. The number of halogens is 1. The second-order valence-corrected chi connectivity index (χ2v) is 5.34. The van der Waals surface area contributed by atoms with E-state index >= 15 is 0 Å². The number of nitrogens with one attached hydrogen (secondary N) is 1. The van der Waals surface area contributed by atoms with Crippen molar-refractivity contribution < 1.29 is 9.90 Å². The Labute approximate surface area is 133 Å². The predicted molar refractivity (Wildman–Crippen MR) is 91.6 cm³/mol. The molecule has 1 aromatic heterocycles. The Morgan fingerprint density at radius 2 is 1.91 bits per heavy atom. The molecule has 0 saturated carbocycles. The number of carboxylic acid groups (broad SMARTS) is 1. The summed E-state index contributed by atoms with van der Waals surface area (Å²) in [5.41, 5.74) is 2.37. The second-order valence-electron chi connectivity index (χ2n) is 4.97. The van der Waals surface area contributed by atoms with Crippen molar-refractivity contribution in [1.29, 1.82) is 0 Å².